The first-order chi connectivity index (χ1) is 8.66. The standard InChI is InChI=1S/C13H14O5/c1-2-7-17-8-9-18-13(16)11-6-4-3-5-10(11)12(14)15/h2-7H,8-9H2,1H3,(H,14,15). The van der Waals surface area contributed by atoms with Crippen molar-refractivity contribution in [2.75, 3.05) is 13.2 Å². The van der Waals surface area contributed by atoms with Gasteiger partial charge in [0.05, 0.1) is 17.4 Å². The monoisotopic (exact) mass is 250 g/mol. The molecule has 0 bridgehead atoms. The maximum absolute atomic E-state index is 11.6. The van der Waals surface area contributed by atoms with Gasteiger partial charge in [-0.05, 0) is 19.1 Å². The Morgan fingerprint density at radius 3 is 2.50 bits per heavy atom. The average molecular weight is 250 g/mol. The molecule has 1 rings (SSSR count). The zero-order valence-electron chi connectivity index (χ0n) is 9.96. The van der Waals surface area contributed by atoms with Gasteiger partial charge in [0.1, 0.15) is 13.2 Å². The smallest absolute Gasteiger partial charge is 0.339 e. The third-order valence-electron chi connectivity index (χ3n) is 2.04. The van der Waals surface area contributed by atoms with E-state index in [-0.39, 0.29) is 24.3 Å². The van der Waals surface area contributed by atoms with Crippen LogP contribution in [0.4, 0.5) is 0 Å². The first-order valence-electron chi connectivity index (χ1n) is 5.39. The molecule has 0 heterocycles. The van der Waals surface area contributed by atoms with E-state index in [0.717, 1.165) is 0 Å². The summed E-state index contributed by atoms with van der Waals surface area (Å²) in [4.78, 5) is 22.5. The summed E-state index contributed by atoms with van der Waals surface area (Å²) in [6, 6.07) is 5.91. The molecule has 1 aromatic carbocycles. The van der Waals surface area contributed by atoms with Crippen LogP contribution in [0.3, 0.4) is 0 Å². The SMILES string of the molecule is CC=COCCOC(=O)c1ccccc1C(=O)O. The number of carbonyl (C=O) groups excluding carboxylic acids is 1. The van der Waals surface area contributed by atoms with E-state index in [4.69, 9.17) is 14.6 Å². The Morgan fingerprint density at radius 2 is 1.89 bits per heavy atom. The average Bonchev–Trinajstić information content (AvgIpc) is 2.38. The lowest BCUT2D eigenvalue weighted by molar-refractivity contribution is 0.0413. The van der Waals surface area contributed by atoms with Crippen LogP contribution in [-0.4, -0.2) is 30.3 Å². The largest absolute Gasteiger partial charge is 0.498 e. The Kier molecular flexibility index (Phi) is 5.44. The molecule has 5 heteroatoms. The number of benzene rings is 1. The lowest BCUT2D eigenvalue weighted by atomic mass is 10.1. The fraction of sp³-hybridized carbons (Fsp3) is 0.231. The van der Waals surface area contributed by atoms with Crippen molar-refractivity contribution in [1.82, 2.24) is 0 Å². The van der Waals surface area contributed by atoms with Crippen LogP contribution in [0, 0.1) is 0 Å². The molecule has 0 atom stereocenters. The van der Waals surface area contributed by atoms with Gasteiger partial charge in [-0.25, -0.2) is 9.59 Å². The number of carbonyl (C=O) groups is 2. The number of aromatic carboxylic acids is 1. The minimum atomic E-state index is -1.16. The fourth-order valence-electron chi connectivity index (χ4n) is 1.27. The molecule has 5 nitrogen and oxygen atoms in total. The number of carboxylic acids is 1. The molecule has 18 heavy (non-hydrogen) atoms. The Labute approximate surface area is 105 Å². The Bertz CT molecular complexity index is 450. The quantitative estimate of drug-likeness (QED) is 0.475. The van der Waals surface area contributed by atoms with E-state index < -0.39 is 11.9 Å². The minimum absolute atomic E-state index is 0.0380. The summed E-state index contributed by atoms with van der Waals surface area (Å²) < 4.78 is 9.88. The molecule has 0 saturated heterocycles. The van der Waals surface area contributed by atoms with E-state index in [1.165, 1.54) is 18.4 Å². The molecule has 96 valence electrons. The van der Waals surface area contributed by atoms with E-state index in [2.05, 4.69) is 0 Å². The molecule has 0 aliphatic carbocycles. The molecule has 0 aliphatic heterocycles. The first kappa shape index (κ1) is 13.8. The number of hydrogen-bond acceptors (Lipinski definition) is 4. The second-order valence-electron chi connectivity index (χ2n) is 3.33. The highest BCUT2D eigenvalue weighted by Crippen LogP contribution is 2.10. The molecule has 0 saturated carbocycles. The van der Waals surface area contributed by atoms with Crippen molar-refractivity contribution in [1.29, 1.82) is 0 Å². The molecule has 0 aromatic heterocycles. The number of carboxylic acid groups (broad SMARTS) is 1. The molecule has 1 N–H and O–H groups in total. The maximum Gasteiger partial charge on any atom is 0.339 e. The van der Waals surface area contributed by atoms with Gasteiger partial charge < -0.3 is 14.6 Å². The van der Waals surface area contributed by atoms with Gasteiger partial charge in [-0.2, -0.15) is 0 Å². The van der Waals surface area contributed by atoms with Gasteiger partial charge in [-0.15, -0.1) is 0 Å². The number of hydrogen-bond donors (Lipinski definition) is 1. The van der Waals surface area contributed by atoms with Crippen molar-refractivity contribution >= 4 is 11.9 Å². The summed E-state index contributed by atoms with van der Waals surface area (Å²) in [5.74, 6) is -1.83. The van der Waals surface area contributed by atoms with Crippen molar-refractivity contribution in [2.45, 2.75) is 6.92 Å². The molecular formula is C13H14O5. The van der Waals surface area contributed by atoms with Gasteiger partial charge in [0, 0.05) is 0 Å². The van der Waals surface area contributed by atoms with Gasteiger partial charge in [0.25, 0.3) is 0 Å². The molecule has 0 amide bonds. The molecule has 1 aromatic rings. The highest BCUT2D eigenvalue weighted by atomic mass is 16.6. The van der Waals surface area contributed by atoms with Crippen LogP contribution >= 0.6 is 0 Å². The van der Waals surface area contributed by atoms with E-state index in [1.807, 2.05) is 0 Å². The zero-order valence-corrected chi connectivity index (χ0v) is 9.96. The van der Waals surface area contributed by atoms with Crippen LogP contribution in [0.25, 0.3) is 0 Å². The maximum atomic E-state index is 11.6. The lowest BCUT2D eigenvalue weighted by Crippen LogP contribution is -2.13. The summed E-state index contributed by atoms with van der Waals surface area (Å²) in [6.07, 6.45) is 3.20. The summed E-state index contributed by atoms with van der Waals surface area (Å²) in [5, 5.41) is 8.91. The molecule has 0 spiro atoms. The summed E-state index contributed by atoms with van der Waals surface area (Å²) in [5.41, 5.74) is -0.0343. The Hall–Kier alpha value is -2.30. The third-order valence-corrected chi connectivity index (χ3v) is 2.04. The highest BCUT2D eigenvalue weighted by Gasteiger charge is 2.16. The zero-order chi connectivity index (χ0) is 13.4. The number of esters is 1. The number of rotatable bonds is 6. The minimum Gasteiger partial charge on any atom is -0.498 e. The van der Waals surface area contributed by atoms with Gasteiger partial charge >= 0.3 is 11.9 Å². The van der Waals surface area contributed by atoms with E-state index in [0.29, 0.717) is 0 Å². The Balaban J connectivity index is 2.59. The first-order valence-corrected chi connectivity index (χ1v) is 5.39. The van der Waals surface area contributed by atoms with Crippen LogP contribution in [0.5, 0.6) is 0 Å². The van der Waals surface area contributed by atoms with Crippen molar-refractivity contribution in [2.24, 2.45) is 0 Å². The summed E-state index contributed by atoms with van der Waals surface area (Å²) >= 11 is 0. The predicted octanol–water partition coefficient (Wildman–Crippen LogP) is 2.09. The van der Waals surface area contributed by atoms with Gasteiger partial charge in [0.15, 0.2) is 0 Å². The molecular weight excluding hydrogens is 236 g/mol. The van der Waals surface area contributed by atoms with Gasteiger partial charge in [-0.3, -0.25) is 0 Å². The van der Waals surface area contributed by atoms with Crippen LogP contribution in [0.2, 0.25) is 0 Å². The van der Waals surface area contributed by atoms with E-state index in [9.17, 15) is 9.59 Å². The number of allylic oxidation sites excluding steroid dienone is 1. The van der Waals surface area contributed by atoms with Crippen LogP contribution in [0.1, 0.15) is 27.6 Å². The second-order valence-corrected chi connectivity index (χ2v) is 3.33. The van der Waals surface area contributed by atoms with Gasteiger partial charge in [0.2, 0.25) is 0 Å². The van der Waals surface area contributed by atoms with Crippen LogP contribution in [0.15, 0.2) is 36.6 Å². The van der Waals surface area contributed by atoms with E-state index in [1.54, 1.807) is 25.1 Å². The summed E-state index contributed by atoms with van der Waals surface area (Å²) in [7, 11) is 0. The predicted molar refractivity (Wildman–Crippen MR) is 64.4 cm³/mol. The third kappa shape index (κ3) is 3.93. The van der Waals surface area contributed by atoms with Crippen LogP contribution in [-0.2, 0) is 9.47 Å². The molecule has 0 aliphatic rings. The normalized spacial score (nSPS) is 10.3. The van der Waals surface area contributed by atoms with Crippen LogP contribution < -0.4 is 0 Å². The topological polar surface area (TPSA) is 72.8 Å². The van der Waals surface area contributed by atoms with E-state index >= 15 is 0 Å². The molecule has 0 fully saturated rings. The lowest BCUT2D eigenvalue weighted by Gasteiger charge is -2.06. The van der Waals surface area contributed by atoms with Crippen molar-refractivity contribution in [3.05, 3.63) is 47.7 Å². The molecule has 0 radical (unpaired) electrons. The fourth-order valence-corrected chi connectivity index (χ4v) is 1.27. The summed E-state index contributed by atoms with van der Waals surface area (Å²) in [6.45, 7) is 2.09. The Morgan fingerprint density at radius 1 is 1.22 bits per heavy atom. The molecule has 0 unspecified atom stereocenters. The number of ether oxygens (including phenoxy) is 2. The van der Waals surface area contributed by atoms with Crippen molar-refractivity contribution in [3.63, 3.8) is 0 Å². The van der Waals surface area contributed by atoms with Gasteiger partial charge in [-0.1, -0.05) is 18.2 Å². The van der Waals surface area contributed by atoms with Crippen molar-refractivity contribution < 1.29 is 24.2 Å². The second kappa shape index (κ2) is 7.11. The highest BCUT2D eigenvalue weighted by molar-refractivity contribution is 6.02. The van der Waals surface area contributed by atoms with Crippen molar-refractivity contribution in [3.8, 4) is 0 Å².